The summed E-state index contributed by atoms with van der Waals surface area (Å²) in [5, 5.41) is 13.7. The zero-order chi connectivity index (χ0) is 15.5. The van der Waals surface area contributed by atoms with E-state index >= 15 is 0 Å². The number of nitro groups is 1. The van der Waals surface area contributed by atoms with Crippen LogP contribution >= 0.6 is 0 Å². The average molecular weight is 317 g/mol. The Balaban J connectivity index is 2.08. The Labute approximate surface area is 121 Å². The van der Waals surface area contributed by atoms with Crippen LogP contribution in [0.2, 0.25) is 0 Å². The Hall–Kier alpha value is -1.58. The molecule has 0 aromatic heterocycles. The minimum Gasteiger partial charge on any atom is -0.317 e. The Morgan fingerprint density at radius 1 is 1.38 bits per heavy atom. The van der Waals surface area contributed by atoms with Gasteiger partial charge in [-0.15, -0.1) is 0 Å². The van der Waals surface area contributed by atoms with Crippen molar-refractivity contribution in [3.05, 3.63) is 34.1 Å². The molecule has 116 valence electrons. The Morgan fingerprint density at radius 2 is 2.05 bits per heavy atom. The second-order valence-electron chi connectivity index (χ2n) is 4.92. The molecule has 0 bridgehead atoms. The van der Waals surface area contributed by atoms with Crippen LogP contribution in [0.25, 0.3) is 0 Å². The molecular formula is C12H16FN3O4S. The van der Waals surface area contributed by atoms with Crippen LogP contribution in [-0.4, -0.2) is 33.0 Å². The van der Waals surface area contributed by atoms with Gasteiger partial charge in [-0.2, -0.15) is 4.39 Å². The van der Waals surface area contributed by atoms with Gasteiger partial charge in [-0.05, 0) is 37.9 Å². The lowest BCUT2D eigenvalue weighted by atomic mass is 9.99. The van der Waals surface area contributed by atoms with Crippen LogP contribution in [0.4, 0.5) is 10.1 Å². The first-order valence-corrected chi connectivity index (χ1v) is 8.03. The summed E-state index contributed by atoms with van der Waals surface area (Å²) < 4.78 is 40.0. The third-order valence-electron chi connectivity index (χ3n) is 3.45. The second-order valence-corrected chi connectivity index (χ2v) is 6.68. The molecule has 7 nitrogen and oxygen atoms in total. The maximum absolute atomic E-state index is 13.5. The number of rotatable bonds is 5. The van der Waals surface area contributed by atoms with Gasteiger partial charge in [0.25, 0.3) is 0 Å². The third-order valence-corrected chi connectivity index (χ3v) is 4.87. The highest BCUT2D eigenvalue weighted by molar-refractivity contribution is 7.89. The number of benzene rings is 1. The summed E-state index contributed by atoms with van der Waals surface area (Å²) >= 11 is 0. The fourth-order valence-electron chi connectivity index (χ4n) is 2.20. The number of halogens is 1. The van der Waals surface area contributed by atoms with E-state index in [-0.39, 0.29) is 17.4 Å². The number of piperidine rings is 1. The predicted molar refractivity (Wildman–Crippen MR) is 73.8 cm³/mol. The first-order valence-electron chi connectivity index (χ1n) is 6.54. The van der Waals surface area contributed by atoms with Crippen LogP contribution in [0.15, 0.2) is 23.1 Å². The summed E-state index contributed by atoms with van der Waals surface area (Å²) in [7, 11) is -3.86. The molecular weight excluding hydrogens is 301 g/mol. The Morgan fingerprint density at radius 3 is 2.62 bits per heavy atom. The molecule has 2 rings (SSSR count). The molecule has 0 amide bonds. The normalized spacial score (nSPS) is 16.8. The van der Waals surface area contributed by atoms with Crippen molar-refractivity contribution in [2.24, 2.45) is 5.92 Å². The van der Waals surface area contributed by atoms with Gasteiger partial charge >= 0.3 is 5.69 Å². The van der Waals surface area contributed by atoms with Crippen molar-refractivity contribution in [2.45, 2.75) is 17.7 Å². The van der Waals surface area contributed by atoms with Crippen molar-refractivity contribution < 1.29 is 17.7 Å². The van der Waals surface area contributed by atoms with E-state index in [1.165, 1.54) is 0 Å². The minimum absolute atomic E-state index is 0.240. The minimum atomic E-state index is -3.86. The van der Waals surface area contributed by atoms with E-state index in [0.717, 1.165) is 38.1 Å². The molecule has 0 aliphatic carbocycles. The molecule has 2 N–H and O–H groups in total. The maximum Gasteiger partial charge on any atom is 0.304 e. The first kappa shape index (κ1) is 15.8. The summed E-state index contributed by atoms with van der Waals surface area (Å²) in [6, 6.07) is 2.56. The maximum atomic E-state index is 13.5. The molecule has 0 saturated carbocycles. The fourth-order valence-corrected chi connectivity index (χ4v) is 3.33. The van der Waals surface area contributed by atoms with Gasteiger partial charge in [0, 0.05) is 18.7 Å². The zero-order valence-corrected chi connectivity index (χ0v) is 12.0. The quantitative estimate of drug-likeness (QED) is 0.623. The van der Waals surface area contributed by atoms with Crippen LogP contribution in [0.1, 0.15) is 12.8 Å². The van der Waals surface area contributed by atoms with Gasteiger partial charge in [0.2, 0.25) is 15.8 Å². The molecule has 1 aliphatic rings. The molecule has 1 saturated heterocycles. The van der Waals surface area contributed by atoms with E-state index < -0.39 is 26.5 Å². The highest BCUT2D eigenvalue weighted by Gasteiger charge is 2.22. The molecule has 21 heavy (non-hydrogen) atoms. The topological polar surface area (TPSA) is 101 Å². The van der Waals surface area contributed by atoms with Crippen LogP contribution in [0, 0.1) is 21.8 Å². The van der Waals surface area contributed by atoms with Crippen LogP contribution in [0.5, 0.6) is 0 Å². The molecule has 0 atom stereocenters. The molecule has 9 heteroatoms. The van der Waals surface area contributed by atoms with Gasteiger partial charge in [0.1, 0.15) is 0 Å². The average Bonchev–Trinajstić information content (AvgIpc) is 2.46. The fraction of sp³-hybridized carbons (Fsp3) is 0.500. The van der Waals surface area contributed by atoms with Gasteiger partial charge in [0.05, 0.1) is 9.82 Å². The molecule has 0 radical (unpaired) electrons. The monoisotopic (exact) mass is 317 g/mol. The molecule has 0 spiro atoms. The van der Waals surface area contributed by atoms with Crippen LogP contribution in [0.3, 0.4) is 0 Å². The molecule has 1 aromatic carbocycles. The van der Waals surface area contributed by atoms with Crippen LogP contribution < -0.4 is 10.0 Å². The smallest absolute Gasteiger partial charge is 0.304 e. The summed E-state index contributed by atoms with van der Waals surface area (Å²) in [4.78, 5) is 9.31. The van der Waals surface area contributed by atoms with E-state index in [1.807, 2.05) is 0 Å². The lowest BCUT2D eigenvalue weighted by molar-refractivity contribution is -0.387. The van der Waals surface area contributed by atoms with Crippen molar-refractivity contribution in [2.75, 3.05) is 19.6 Å². The number of sulfonamides is 1. The first-order chi connectivity index (χ1) is 9.90. The summed E-state index contributed by atoms with van der Waals surface area (Å²) in [5.41, 5.74) is -0.743. The van der Waals surface area contributed by atoms with Crippen molar-refractivity contribution in [3.8, 4) is 0 Å². The van der Waals surface area contributed by atoms with Gasteiger partial charge in [-0.1, -0.05) is 0 Å². The van der Waals surface area contributed by atoms with E-state index in [1.54, 1.807) is 0 Å². The standard InChI is InChI=1S/C12H16FN3O4S/c13-11-7-10(1-2-12(11)16(17)18)21(19,20)15-8-9-3-5-14-6-4-9/h1-2,7,9,14-15H,3-6,8H2. The number of nitrogens with one attached hydrogen (secondary N) is 2. The summed E-state index contributed by atoms with van der Waals surface area (Å²) in [5.74, 6) is -0.923. The SMILES string of the molecule is O=[N+]([O-])c1ccc(S(=O)(=O)NCC2CCNCC2)cc1F. The highest BCUT2D eigenvalue weighted by atomic mass is 32.2. The largest absolute Gasteiger partial charge is 0.317 e. The Bertz CT molecular complexity index is 629. The van der Waals surface area contributed by atoms with Gasteiger partial charge < -0.3 is 5.32 Å². The van der Waals surface area contributed by atoms with Crippen LogP contribution in [-0.2, 0) is 10.0 Å². The van der Waals surface area contributed by atoms with Gasteiger partial charge in [-0.3, -0.25) is 10.1 Å². The lowest BCUT2D eigenvalue weighted by Gasteiger charge is -2.22. The van der Waals surface area contributed by atoms with Crippen molar-refractivity contribution in [3.63, 3.8) is 0 Å². The van der Waals surface area contributed by atoms with E-state index in [0.29, 0.717) is 6.07 Å². The van der Waals surface area contributed by atoms with Crippen molar-refractivity contribution in [1.82, 2.24) is 10.0 Å². The van der Waals surface area contributed by atoms with E-state index in [4.69, 9.17) is 0 Å². The Kier molecular flexibility index (Phi) is 4.86. The molecule has 1 fully saturated rings. The highest BCUT2D eigenvalue weighted by Crippen LogP contribution is 2.21. The zero-order valence-electron chi connectivity index (χ0n) is 11.2. The molecule has 0 unspecified atom stereocenters. The number of hydrogen-bond donors (Lipinski definition) is 2. The van der Waals surface area contributed by atoms with E-state index in [2.05, 4.69) is 10.0 Å². The predicted octanol–water partition coefficient (Wildman–Crippen LogP) is 1.01. The van der Waals surface area contributed by atoms with Crippen molar-refractivity contribution >= 4 is 15.7 Å². The number of nitro benzene ring substituents is 1. The molecule has 1 aliphatic heterocycles. The number of hydrogen-bond acceptors (Lipinski definition) is 5. The van der Waals surface area contributed by atoms with Gasteiger partial charge in [-0.25, -0.2) is 13.1 Å². The molecule has 1 aromatic rings. The molecule has 1 heterocycles. The van der Waals surface area contributed by atoms with Crippen molar-refractivity contribution in [1.29, 1.82) is 0 Å². The second kappa shape index (κ2) is 6.46. The number of nitrogens with zero attached hydrogens (tertiary/aromatic N) is 1. The third kappa shape index (κ3) is 3.96. The lowest BCUT2D eigenvalue weighted by Crippen LogP contribution is -2.36. The van der Waals surface area contributed by atoms with E-state index in [9.17, 15) is 22.9 Å². The summed E-state index contributed by atoms with van der Waals surface area (Å²) in [6.45, 7) is 1.97. The van der Waals surface area contributed by atoms with Gasteiger partial charge in [0.15, 0.2) is 0 Å². The summed E-state index contributed by atoms with van der Waals surface area (Å²) in [6.07, 6.45) is 1.74.